The van der Waals surface area contributed by atoms with Crippen LogP contribution >= 0.6 is 0 Å². The third-order valence-electron chi connectivity index (χ3n) is 6.07. The van der Waals surface area contributed by atoms with Crippen molar-refractivity contribution < 1.29 is 14.6 Å². The number of aliphatic hydroxyl groups is 1. The highest BCUT2D eigenvalue weighted by atomic mass is 16.5. The summed E-state index contributed by atoms with van der Waals surface area (Å²) in [5.74, 6) is 0.739. The number of pyridine rings is 1. The maximum Gasteiger partial charge on any atom is 0.320 e. The monoisotopic (exact) mass is 429 g/mol. The van der Waals surface area contributed by atoms with Gasteiger partial charge in [-0.25, -0.2) is 4.79 Å². The molecule has 170 valence electrons. The van der Waals surface area contributed by atoms with E-state index in [0.29, 0.717) is 32.5 Å². The van der Waals surface area contributed by atoms with Crippen LogP contribution in [-0.2, 0) is 0 Å². The van der Waals surface area contributed by atoms with E-state index in [9.17, 15) is 14.7 Å². The topological polar surface area (TPSA) is 85.9 Å². The molecule has 1 unspecified atom stereocenters. The van der Waals surface area contributed by atoms with E-state index in [-0.39, 0.29) is 17.6 Å². The number of carbonyl (C=O) groups is 1. The molecule has 1 aromatic heterocycles. The fourth-order valence-corrected chi connectivity index (χ4v) is 4.16. The summed E-state index contributed by atoms with van der Waals surface area (Å²) in [6.45, 7) is 3.43. The minimum atomic E-state index is -0.481. The molecule has 0 bridgehead atoms. The van der Waals surface area contributed by atoms with E-state index in [1.165, 1.54) is 12.5 Å². The second kappa shape index (κ2) is 11.2. The number of carbonyl (C=O) groups excluding carboxylic acids is 1. The van der Waals surface area contributed by atoms with Gasteiger partial charge in [0.05, 0.1) is 12.7 Å². The largest absolute Gasteiger partial charge is 0.494 e. The molecule has 2 amide bonds. The van der Waals surface area contributed by atoms with Crippen molar-refractivity contribution in [3.63, 3.8) is 0 Å². The summed E-state index contributed by atoms with van der Waals surface area (Å²) in [4.78, 5) is 30.9. The molecule has 0 saturated heterocycles. The van der Waals surface area contributed by atoms with Gasteiger partial charge in [-0.1, -0.05) is 26.2 Å². The molecule has 7 nitrogen and oxygen atoms in total. The molecule has 1 heterocycles. The van der Waals surface area contributed by atoms with Gasteiger partial charge in [-0.2, -0.15) is 0 Å². The highest BCUT2D eigenvalue weighted by molar-refractivity contribution is 5.79. The second-order valence-corrected chi connectivity index (χ2v) is 8.48. The molecular weight excluding hydrogens is 394 g/mol. The second-order valence-electron chi connectivity index (χ2n) is 8.48. The van der Waals surface area contributed by atoms with Crippen LogP contribution < -0.4 is 10.3 Å². The quantitative estimate of drug-likeness (QED) is 0.595. The van der Waals surface area contributed by atoms with Gasteiger partial charge in [-0.3, -0.25) is 4.79 Å². The molecule has 3 rings (SSSR count). The number of urea groups is 1. The lowest BCUT2D eigenvalue weighted by atomic mass is 9.94. The molecule has 1 fully saturated rings. The van der Waals surface area contributed by atoms with Crippen molar-refractivity contribution in [1.29, 1.82) is 0 Å². The number of H-pyrrole nitrogens is 1. The SMILES string of the molecule is CCC(O)CN(C(=O)N(C)CCCOc1ccc2[nH]c(=O)ccc2c1)C1CCCCC1. The summed E-state index contributed by atoms with van der Waals surface area (Å²) >= 11 is 0. The number of hydrogen-bond acceptors (Lipinski definition) is 4. The molecule has 31 heavy (non-hydrogen) atoms. The van der Waals surface area contributed by atoms with Crippen molar-refractivity contribution in [3.8, 4) is 5.75 Å². The maximum atomic E-state index is 13.1. The summed E-state index contributed by atoms with van der Waals surface area (Å²) in [7, 11) is 1.82. The third kappa shape index (κ3) is 6.47. The molecule has 0 spiro atoms. The van der Waals surface area contributed by atoms with E-state index in [2.05, 4.69) is 4.98 Å². The van der Waals surface area contributed by atoms with Crippen molar-refractivity contribution in [3.05, 3.63) is 40.7 Å². The number of rotatable bonds is 9. The molecule has 0 aliphatic heterocycles. The first-order valence-corrected chi connectivity index (χ1v) is 11.4. The Morgan fingerprint density at radius 2 is 2.00 bits per heavy atom. The molecule has 1 aliphatic rings. The fourth-order valence-electron chi connectivity index (χ4n) is 4.16. The number of benzene rings is 1. The van der Waals surface area contributed by atoms with E-state index >= 15 is 0 Å². The van der Waals surface area contributed by atoms with E-state index in [1.54, 1.807) is 11.0 Å². The average molecular weight is 430 g/mol. The molecule has 7 heteroatoms. The summed E-state index contributed by atoms with van der Waals surface area (Å²) in [6, 6.07) is 9.07. The number of fused-ring (bicyclic) bond motifs is 1. The Kier molecular flexibility index (Phi) is 8.35. The van der Waals surface area contributed by atoms with Gasteiger partial charge in [0.1, 0.15) is 5.75 Å². The van der Waals surface area contributed by atoms with E-state index in [0.717, 1.165) is 42.3 Å². The zero-order chi connectivity index (χ0) is 22.2. The standard InChI is InChI=1S/C24H35N3O4/c1-3-20(28)17-27(19-8-5-4-6-9-19)24(30)26(2)14-7-15-31-21-11-12-22-18(16-21)10-13-23(29)25-22/h10-13,16,19-20,28H,3-9,14-15,17H2,1-2H3,(H,25,29). The highest BCUT2D eigenvalue weighted by Gasteiger charge is 2.28. The summed E-state index contributed by atoms with van der Waals surface area (Å²) in [5, 5.41) is 11.1. The lowest BCUT2D eigenvalue weighted by Crippen LogP contribution is -2.50. The van der Waals surface area contributed by atoms with Gasteiger partial charge in [-0.15, -0.1) is 0 Å². The van der Waals surface area contributed by atoms with Crippen LogP contribution in [0.2, 0.25) is 0 Å². The summed E-state index contributed by atoms with van der Waals surface area (Å²) in [6.07, 6.45) is 6.44. The number of nitrogens with zero attached hydrogens (tertiary/aromatic N) is 2. The minimum absolute atomic E-state index is 0.00550. The van der Waals surface area contributed by atoms with Crippen LogP contribution in [-0.4, -0.2) is 64.8 Å². The van der Waals surface area contributed by atoms with Crippen molar-refractivity contribution in [2.45, 2.75) is 64.0 Å². The number of aromatic amines is 1. The number of aliphatic hydroxyl groups excluding tert-OH is 1. The number of ether oxygens (including phenoxy) is 1. The zero-order valence-electron chi connectivity index (χ0n) is 18.7. The Labute approximate surface area is 184 Å². The Balaban J connectivity index is 1.51. The molecule has 1 atom stereocenters. The first-order valence-electron chi connectivity index (χ1n) is 11.4. The smallest absolute Gasteiger partial charge is 0.320 e. The Morgan fingerprint density at radius 3 is 2.74 bits per heavy atom. The molecule has 2 N–H and O–H groups in total. The molecular formula is C24H35N3O4. The first-order chi connectivity index (χ1) is 15.0. The predicted octanol–water partition coefficient (Wildman–Crippen LogP) is 3.75. The fraction of sp³-hybridized carbons (Fsp3) is 0.583. The van der Waals surface area contributed by atoms with Gasteiger partial charge < -0.3 is 24.6 Å². The lowest BCUT2D eigenvalue weighted by Gasteiger charge is -2.38. The van der Waals surface area contributed by atoms with Crippen LogP contribution in [0.5, 0.6) is 5.75 Å². The van der Waals surface area contributed by atoms with Crippen molar-refractivity contribution in [1.82, 2.24) is 14.8 Å². The number of nitrogens with one attached hydrogen (secondary N) is 1. The molecule has 2 aromatic rings. The Bertz CT molecular complexity index is 907. The first kappa shape index (κ1) is 23.1. The maximum absolute atomic E-state index is 13.1. The molecule has 1 saturated carbocycles. The highest BCUT2D eigenvalue weighted by Crippen LogP contribution is 2.24. The van der Waals surface area contributed by atoms with Crippen LogP contribution in [0.15, 0.2) is 35.1 Å². The van der Waals surface area contributed by atoms with Crippen LogP contribution in [0.1, 0.15) is 51.9 Å². The van der Waals surface area contributed by atoms with Crippen molar-refractivity contribution in [2.75, 3.05) is 26.7 Å². The van der Waals surface area contributed by atoms with E-state index in [1.807, 2.05) is 37.1 Å². The molecule has 1 aromatic carbocycles. The van der Waals surface area contributed by atoms with Crippen LogP contribution in [0.25, 0.3) is 10.9 Å². The van der Waals surface area contributed by atoms with Gasteiger partial charge in [0.2, 0.25) is 5.56 Å². The van der Waals surface area contributed by atoms with Gasteiger partial charge in [0.15, 0.2) is 0 Å². The van der Waals surface area contributed by atoms with Crippen molar-refractivity contribution >= 4 is 16.9 Å². The van der Waals surface area contributed by atoms with E-state index < -0.39 is 6.10 Å². The van der Waals surface area contributed by atoms with Gasteiger partial charge in [0.25, 0.3) is 0 Å². The van der Waals surface area contributed by atoms with Crippen molar-refractivity contribution in [2.24, 2.45) is 0 Å². The number of amides is 2. The lowest BCUT2D eigenvalue weighted by molar-refractivity contribution is 0.0742. The zero-order valence-corrected chi connectivity index (χ0v) is 18.7. The third-order valence-corrected chi connectivity index (χ3v) is 6.07. The summed E-state index contributed by atoms with van der Waals surface area (Å²) in [5.41, 5.74) is 0.657. The van der Waals surface area contributed by atoms with Gasteiger partial charge >= 0.3 is 6.03 Å². The average Bonchev–Trinajstić information content (AvgIpc) is 2.80. The minimum Gasteiger partial charge on any atom is -0.494 e. The number of aromatic nitrogens is 1. The Hall–Kier alpha value is -2.54. The summed E-state index contributed by atoms with van der Waals surface area (Å²) < 4.78 is 5.85. The normalized spacial score (nSPS) is 15.6. The van der Waals surface area contributed by atoms with Crippen LogP contribution in [0, 0.1) is 0 Å². The predicted molar refractivity (Wildman–Crippen MR) is 123 cm³/mol. The van der Waals surface area contributed by atoms with Gasteiger partial charge in [-0.05, 0) is 49.9 Å². The van der Waals surface area contributed by atoms with E-state index in [4.69, 9.17) is 4.74 Å². The molecule has 0 radical (unpaired) electrons. The van der Waals surface area contributed by atoms with Gasteiger partial charge in [0, 0.05) is 43.1 Å². The Morgan fingerprint density at radius 1 is 1.23 bits per heavy atom. The molecule has 1 aliphatic carbocycles. The number of hydrogen-bond donors (Lipinski definition) is 2. The van der Waals surface area contributed by atoms with Crippen LogP contribution in [0.4, 0.5) is 4.79 Å². The van der Waals surface area contributed by atoms with Crippen LogP contribution in [0.3, 0.4) is 0 Å².